The van der Waals surface area contributed by atoms with E-state index in [9.17, 15) is 9.59 Å². The van der Waals surface area contributed by atoms with Crippen LogP contribution in [0.1, 0.15) is 73.4 Å². The molecule has 0 unspecified atom stereocenters. The molecule has 0 fully saturated rings. The number of rotatable bonds is 7. The van der Waals surface area contributed by atoms with Gasteiger partial charge in [0.25, 0.3) is 0 Å². The van der Waals surface area contributed by atoms with E-state index < -0.39 is 16.6 Å². The third-order valence-electron chi connectivity index (χ3n) is 7.60. The van der Waals surface area contributed by atoms with E-state index in [1.165, 1.54) is 14.2 Å². The lowest BCUT2D eigenvalue weighted by Crippen LogP contribution is -2.43. The minimum absolute atomic E-state index is 0.118. The predicted octanol–water partition coefficient (Wildman–Crippen LogP) is 8.92. The highest BCUT2D eigenvalue weighted by Gasteiger charge is 2.40. The number of carbonyl (C=O) groups is 2. The van der Waals surface area contributed by atoms with E-state index in [2.05, 4.69) is 83.7 Å². The molecule has 218 valence electrons. The fourth-order valence-electron chi connectivity index (χ4n) is 2.93. The molecule has 2 aromatic rings. The van der Waals surface area contributed by atoms with Crippen molar-refractivity contribution in [2.75, 3.05) is 14.2 Å². The fraction of sp³-hybridized carbons (Fsp3) is 0.533. The summed E-state index contributed by atoms with van der Waals surface area (Å²) in [6, 6.07) is 11.2. The van der Waals surface area contributed by atoms with E-state index >= 15 is 0 Å². The van der Waals surface area contributed by atoms with Gasteiger partial charge in [-0.15, -0.1) is 0 Å². The molecular formula is C30H47BrO6Si2. The number of hydrogen-bond acceptors (Lipinski definition) is 6. The van der Waals surface area contributed by atoms with E-state index in [0.717, 1.165) is 22.6 Å². The van der Waals surface area contributed by atoms with Crippen LogP contribution in [0.2, 0.25) is 36.3 Å². The van der Waals surface area contributed by atoms with Crippen LogP contribution < -0.4 is 8.85 Å². The maximum Gasteiger partial charge on any atom is 0.338 e. The van der Waals surface area contributed by atoms with E-state index in [-0.39, 0.29) is 22.0 Å². The minimum atomic E-state index is -1.91. The SMILES string of the molecule is COC(=O)c1cc(O[Si](C)(C)C(C)(C)C)ccc1C.COC(=O)c1cc(O[Si](C)(C)C(C)(C)C)ccc1CBr. The number of methoxy groups -OCH3 is 2. The Morgan fingerprint density at radius 3 is 1.49 bits per heavy atom. The summed E-state index contributed by atoms with van der Waals surface area (Å²) in [6.45, 7) is 23.8. The van der Waals surface area contributed by atoms with Gasteiger partial charge >= 0.3 is 11.9 Å². The lowest BCUT2D eigenvalue weighted by molar-refractivity contribution is 0.0590. The maximum atomic E-state index is 11.8. The number of ether oxygens (including phenoxy) is 2. The van der Waals surface area contributed by atoms with Crippen LogP contribution in [-0.2, 0) is 14.8 Å². The zero-order valence-corrected chi connectivity index (χ0v) is 29.6. The number of halogens is 1. The van der Waals surface area contributed by atoms with Gasteiger partial charge in [0.1, 0.15) is 11.5 Å². The van der Waals surface area contributed by atoms with Crippen LogP contribution in [0.15, 0.2) is 36.4 Å². The van der Waals surface area contributed by atoms with E-state index in [0.29, 0.717) is 16.5 Å². The first-order valence-corrected chi connectivity index (χ1v) is 20.0. The van der Waals surface area contributed by atoms with Crippen molar-refractivity contribution < 1.29 is 27.9 Å². The Balaban J connectivity index is 0.000000391. The second-order valence-corrected chi connectivity index (χ2v) is 22.6. The molecule has 0 radical (unpaired) electrons. The minimum Gasteiger partial charge on any atom is -0.543 e. The Morgan fingerprint density at radius 2 is 1.10 bits per heavy atom. The molecule has 0 bridgehead atoms. The molecule has 0 N–H and O–H groups in total. The van der Waals surface area contributed by atoms with Crippen LogP contribution in [0.3, 0.4) is 0 Å². The van der Waals surface area contributed by atoms with Gasteiger partial charge in [0.15, 0.2) is 0 Å². The lowest BCUT2D eigenvalue weighted by atomic mass is 10.1. The van der Waals surface area contributed by atoms with Gasteiger partial charge in [-0.2, -0.15) is 0 Å². The number of esters is 2. The number of aryl methyl sites for hydroxylation is 1. The summed E-state index contributed by atoms with van der Waals surface area (Å²) in [5.41, 5.74) is 2.92. The summed E-state index contributed by atoms with van der Waals surface area (Å²) >= 11 is 3.38. The summed E-state index contributed by atoms with van der Waals surface area (Å²) in [7, 11) is -1.01. The predicted molar refractivity (Wildman–Crippen MR) is 169 cm³/mol. The highest BCUT2D eigenvalue weighted by Crippen LogP contribution is 2.38. The van der Waals surface area contributed by atoms with E-state index in [1.807, 2.05) is 31.2 Å². The molecule has 0 amide bonds. The van der Waals surface area contributed by atoms with Crippen molar-refractivity contribution in [3.63, 3.8) is 0 Å². The van der Waals surface area contributed by atoms with Crippen LogP contribution in [0.5, 0.6) is 11.5 Å². The number of hydrogen-bond donors (Lipinski definition) is 0. The summed E-state index contributed by atoms with van der Waals surface area (Å²) in [6.07, 6.45) is 0. The molecule has 0 saturated heterocycles. The second-order valence-electron chi connectivity index (χ2n) is 12.6. The van der Waals surface area contributed by atoms with Gasteiger partial charge in [0, 0.05) is 5.33 Å². The maximum absolute atomic E-state index is 11.8. The lowest BCUT2D eigenvalue weighted by Gasteiger charge is -2.36. The van der Waals surface area contributed by atoms with Crippen molar-refractivity contribution in [3.05, 3.63) is 58.7 Å². The second kappa shape index (κ2) is 13.5. The van der Waals surface area contributed by atoms with Gasteiger partial charge < -0.3 is 18.3 Å². The van der Waals surface area contributed by atoms with Crippen molar-refractivity contribution >= 4 is 44.5 Å². The third-order valence-corrected chi connectivity index (χ3v) is 16.9. The monoisotopic (exact) mass is 638 g/mol. The Bertz CT molecular complexity index is 1150. The molecule has 0 atom stereocenters. The van der Waals surface area contributed by atoms with Gasteiger partial charge in [0.05, 0.1) is 25.3 Å². The summed E-state index contributed by atoms with van der Waals surface area (Å²) in [5, 5.41) is 0.855. The van der Waals surface area contributed by atoms with Crippen molar-refractivity contribution in [1.29, 1.82) is 0 Å². The van der Waals surface area contributed by atoms with Crippen molar-refractivity contribution in [2.45, 2.75) is 90.1 Å². The fourth-order valence-corrected chi connectivity index (χ4v) is 5.46. The molecule has 0 heterocycles. The van der Waals surface area contributed by atoms with E-state index in [1.54, 1.807) is 12.1 Å². The molecule has 0 saturated carbocycles. The van der Waals surface area contributed by atoms with Gasteiger partial charge in [-0.25, -0.2) is 9.59 Å². The molecule has 39 heavy (non-hydrogen) atoms. The number of carbonyl (C=O) groups excluding carboxylic acids is 2. The van der Waals surface area contributed by atoms with Gasteiger partial charge in [-0.05, 0) is 78.6 Å². The quantitative estimate of drug-likeness (QED) is 0.171. The Morgan fingerprint density at radius 1 is 0.718 bits per heavy atom. The van der Waals surface area contributed by atoms with Gasteiger partial charge in [0.2, 0.25) is 16.6 Å². The van der Waals surface area contributed by atoms with Crippen LogP contribution in [0, 0.1) is 6.92 Å². The van der Waals surface area contributed by atoms with Crippen LogP contribution in [0.25, 0.3) is 0 Å². The highest BCUT2D eigenvalue weighted by atomic mass is 79.9. The average molecular weight is 640 g/mol. The molecule has 9 heteroatoms. The Labute approximate surface area is 246 Å². The molecular weight excluding hydrogens is 592 g/mol. The molecule has 0 aromatic heterocycles. The summed E-state index contributed by atoms with van der Waals surface area (Å²) in [4.78, 5) is 23.5. The molecule has 2 rings (SSSR count). The van der Waals surface area contributed by atoms with Crippen molar-refractivity contribution in [1.82, 2.24) is 0 Å². The summed E-state index contributed by atoms with van der Waals surface area (Å²) in [5.74, 6) is 0.831. The van der Waals surface area contributed by atoms with Gasteiger partial charge in [-0.3, -0.25) is 0 Å². The Hall–Kier alpha value is -2.11. The zero-order chi connectivity index (χ0) is 30.4. The molecule has 2 aromatic carbocycles. The number of alkyl halides is 1. The largest absolute Gasteiger partial charge is 0.543 e. The normalized spacial score (nSPS) is 12.2. The standard InChI is InChI=1S/C15H23BrO3Si.C15H24O3Si/c1-15(2,3)20(5,6)19-12-8-7-11(10-16)13(9-12)14(17)18-4;1-11-8-9-12(10-13(11)14(16)17-5)18-19(6,7)15(2,3)4/h7-9H,10H2,1-6H3;8-10H,1-7H3. The van der Waals surface area contributed by atoms with Crippen LogP contribution >= 0.6 is 15.9 Å². The van der Waals surface area contributed by atoms with Crippen LogP contribution in [0.4, 0.5) is 0 Å². The average Bonchev–Trinajstić information content (AvgIpc) is 2.82. The molecule has 0 aliphatic rings. The molecule has 0 aliphatic heterocycles. The topological polar surface area (TPSA) is 71.1 Å². The molecule has 0 aliphatic carbocycles. The summed E-state index contributed by atoms with van der Waals surface area (Å²) < 4.78 is 22.0. The highest BCUT2D eigenvalue weighted by molar-refractivity contribution is 9.08. The van der Waals surface area contributed by atoms with E-state index in [4.69, 9.17) is 18.3 Å². The van der Waals surface area contributed by atoms with Crippen molar-refractivity contribution in [3.8, 4) is 11.5 Å². The first kappa shape index (κ1) is 34.9. The number of benzene rings is 2. The van der Waals surface area contributed by atoms with Gasteiger partial charge in [-0.1, -0.05) is 69.6 Å². The molecule has 0 spiro atoms. The third kappa shape index (κ3) is 9.50. The zero-order valence-electron chi connectivity index (χ0n) is 26.0. The van der Waals surface area contributed by atoms with Crippen molar-refractivity contribution in [2.24, 2.45) is 0 Å². The first-order valence-electron chi connectivity index (χ1n) is 13.0. The first-order chi connectivity index (χ1) is 17.7. The van der Waals surface area contributed by atoms with Crippen LogP contribution in [-0.4, -0.2) is 42.8 Å². The Kier molecular flexibility index (Phi) is 12.1. The molecule has 6 nitrogen and oxygen atoms in total. The smallest absolute Gasteiger partial charge is 0.338 e.